The third-order valence-corrected chi connectivity index (χ3v) is 6.41. The Morgan fingerprint density at radius 2 is 1.69 bits per heavy atom. The summed E-state index contributed by atoms with van der Waals surface area (Å²) >= 11 is 0. The van der Waals surface area contributed by atoms with Gasteiger partial charge in [-0.3, -0.25) is 9.08 Å². The van der Waals surface area contributed by atoms with Gasteiger partial charge in [-0.25, -0.2) is 8.99 Å². The zero-order valence-electron chi connectivity index (χ0n) is 16.9. The minimum atomic E-state index is -3.21. The van der Waals surface area contributed by atoms with Crippen molar-refractivity contribution < 1.29 is 18.2 Å². The Labute approximate surface area is 173 Å². The van der Waals surface area contributed by atoms with Crippen LogP contribution in [0, 0.1) is 11.7 Å². The van der Waals surface area contributed by atoms with Crippen LogP contribution in [0.2, 0.25) is 0 Å². The molecule has 1 aliphatic heterocycles. The molecule has 0 bridgehead atoms. The average molecular weight is 420 g/mol. The van der Waals surface area contributed by atoms with Crippen LogP contribution in [-0.4, -0.2) is 66.8 Å². The van der Waals surface area contributed by atoms with Gasteiger partial charge in [-0.2, -0.15) is 0 Å². The number of hydrogen-bond donors (Lipinski definition) is 2. The number of β-amino-alcohol motifs (C(OH)–C–C–N with tert-alkyl or cyclic N) is 1. The van der Waals surface area contributed by atoms with Crippen molar-refractivity contribution in [1.29, 1.82) is 4.78 Å². The number of aliphatic hydroxyl groups is 1. The highest BCUT2D eigenvalue weighted by Crippen LogP contribution is 2.19. The second-order valence-electron chi connectivity index (χ2n) is 7.23. The Hall–Kier alpha value is -2.13. The molecule has 29 heavy (non-hydrogen) atoms. The lowest BCUT2D eigenvalue weighted by Crippen LogP contribution is -2.49. The zero-order chi connectivity index (χ0) is 20.9. The van der Waals surface area contributed by atoms with Crippen molar-refractivity contribution in [2.24, 2.45) is 0 Å². The lowest BCUT2D eigenvalue weighted by atomic mass is 10.2. The maximum Gasteiger partial charge on any atom is 0.190 e. The molecule has 2 unspecified atom stereocenters. The maximum atomic E-state index is 11.8. The number of benzene rings is 2. The minimum absolute atomic E-state index is 0.179. The summed E-state index contributed by atoms with van der Waals surface area (Å²) in [6.45, 7) is 6.49. The van der Waals surface area contributed by atoms with Crippen LogP contribution in [-0.2, 0) is 14.2 Å². The predicted octanol–water partition coefficient (Wildman–Crippen LogP) is 2.52. The predicted molar refractivity (Wildman–Crippen MR) is 114 cm³/mol. The Kier molecular flexibility index (Phi) is 7.13. The maximum absolute atomic E-state index is 11.8. The highest BCUT2D eigenvalue weighted by atomic mass is 32.2. The molecule has 0 amide bonds. The first-order valence-electron chi connectivity index (χ1n) is 9.66. The molecule has 2 aromatic carbocycles. The molecule has 0 radical (unpaired) electrons. The quantitative estimate of drug-likeness (QED) is 0.684. The molecule has 2 aromatic rings. The molecule has 2 N–H and O–H groups in total. The molecule has 3 rings (SSSR count). The summed E-state index contributed by atoms with van der Waals surface area (Å²) in [5.41, 5.74) is 2.50. The van der Waals surface area contributed by atoms with Gasteiger partial charge in [0.05, 0.1) is 12.0 Å². The van der Waals surface area contributed by atoms with Gasteiger partial charge in [0.1, 0.15) is 18.5 Å². The number of nitrogens with zero attached hydrogens (tertiary/aromatic N) is 2. The van der Waals surface area contributed by atoms with E-state index in [0.717, 1.165) is 26.2 Å². The number of anilines is 1. The van der Waals surface area contributed by atoms with Crippen LogP contribution in [0.1, 0.15) is 5.56 Å². The fourth-order valence-electron chi connectivity index (χ4n) is 3.30. The molecule has 0 aromatic heterocycles. The van der Waals surface area contributed by atoms with E-state index in [4.69, 9.17) is 13.7 Å². The first-order chi connectivity index (χ1) is 13.9. The largest absolute Gasteiger partial charge is 0.491 e. The van der Waals surface area contributed by atoms with E-state index < -0.39 is 16.1 Å². The number of rotatable bonds is 8. The van der Waals surface area contributed by atoms with Gasteiger partial charge in [0.15, 0.2) is 10.0 Å². The Bertz CT molecular complexity index is 877. The van der Waals surface area contributed by atoms with Crippen molar-refractivity contribution in [3.8, 4) is 5.75 Å². The van der Waals surface area contributed by atoms with E-state index in [1.165, 1.54) is 18.4 Å². The fourth-order valence-corrected chi connectivity index (χ4v) is 3.99. The van der Waals surface area contributed by atoms with Crippen LogP contribution >= 0.6 is 0 Å². The van der Waals surface area contributed by atoms with E-state index in [2.05, 4.69) is 41.0 Å². The van der Waals surface area contributed by atoms with Gasteiger partial charge in [-0.05, 0) is 43.3 Å². The van der Waals surface area contributed by atoms with Crippen LogP contribution in [0.4, 0.5) is 5.69 Å². The van der Waals surface area contributed by atoms with E-state index in [1.54, 1.807) is 24.3 Å². The number of aliphatic hydroxyl groups excluding tert-OH is 1. The van der Waals surface area contributed by atoms with Gasteiger partial charge >= 0.3 is 0 Å². The van der Waals surface area contributed by atoms with Crippen molar-refractivity contribution in [2.45, 2.75) is 17.9 Å². The number of nitrogens with one attached hydrogen (secondary N) is 1. The molecule has 1 saturated heterocycles. The monoisotopic (exact) mass is 419 g/mol. The summed E-state index contributed by atoms with van der Waals surface area (Å²) in [5.74, 6) is 0.559. The second-order valence-corrected chi connectivity index (χ2v) is 9.04. The molecule has 0 spiro atoms. The standard InChI is InChI=1S/C21H29N3O4S/c1-17-3-5-18(6-4-17)24-13-11-23(12-14-24)15-19(25)16-28-20-7-9-21(10-8-20)29(22,26)27-2/h3-10,19,22,25H,11-16H2,1-2H3. The van der Waals surface area contributed by atoms with Gasteiger partial charge in [0.25, 0.3) is 0 Å². The van der Waals surface area contributed by atoms with E-state index in [-0.39, 0.29) is 6.61 Å². The molecule has 0 aliphatic carbocycles. The Morgan fingerprint density at radius 3 is 2.28 bits per heavy atom. The lowest BCUT2D eigenvalue weighted by molar-refractivity contribution is 0.0663. The minimum Gasteiger partial charge on any atom is -0.491 e. The van der Waals surface area contributed by atoms with E-state index >= 15 is 0 Å². The Balaban J connectivity index is 1.42. The summed E-state index contributed by atoms with van der Waals surface area (Å²) in [4.78, 5) is 4.90. The number of aryl methyl sites for hydroxylation is 1. The van der Waals surface area contributed by atoms with Gasteiger partial charge in [-0.15, -0.1) is 0 Å². The summed E-state index contributed by atoms with van der Waals surface area (Å²) < 4.78 is 29.8. The summed E-state index contributed by atoms with van der Waals surface area (Å²) in [7, 11) is -1.96. The van der Waals surface area contributed by atoms with Crippen LogP contribution < -0.4 is 9.64 Å². The molecule has 1 fully saturated rings. The van der Waals surface area contributed by atoms with Gasteiger partial charge in [0.2, 0.25) is 0 Å². The smallest absolute Gasteiger partial charge is 0.190 e. The SMILES string of the molecule is COS(=N)(=O)c1ccc(OCC(O)CN2CCN(c3ccc(C)cc3)CC2)cc1. The molecule has 2 atom stereocenters. The van der Waals surface area contributed by atoms with Crippen LogP contribution in [0.3, 0.4) is 0 Å². The van der Waals surface area contributed by atoms with Gasteiger partial charge < -0.3 is 14.7 Å². The fraction of sp³-hybridized carbons (Fsp3) is 0.429. The molecule has 0 saturated carbocycles. The normalized spacial score (nSPS) is 18.2. The highest BCUT2D eigenvalue weighted by molar-refractivity contribution is 7.87. The van der Waals surface area contributed by atoms with Crippen molar-refractivity contribution in [2.75, 3.05) is 51.3 Å². The number of piperazine rings is 1. The van der Waals surface area contributed by atoms with Crippen molar-refractivity contribution in [1.82, 2.24) is 4.90 Å². The van der Waals surface area contributed by atoms with Crippen molar-refractivity contribution in [3.05, 3.63) is 54.1 Å². The molecular weight excluding hydrogens is 390 g/mol. The lowest BCUT2D eigenvalue weighted by Gasteiger charge is -2.36. The van der Waals surface area contributed by atoms with E-state index in [1.807, 2.05) is 0 Å². The number of ether oxygens (including phenoxy) is 1. The third kappa shape index (κ3) is 5.93. The zero-order valence-corrected chi connectivity index (χ0v) is 17.7. The topological polar surface area (TPSA) is 86.1 Å². The van der Waals surface area contributed by atoms with Gasteiger partial charge in [0, 0.05) is 38.4 Å². The molecule has 158 valence electrons. The summed E-state index contributed by atoms with van der Waals surface area (Å²) in [5, 5.41) is 10.3. The van der Waals surface area contributed by atoms with E-state index in [9.17, 15) is 9.32 Å². The van der Waals surface area contributed by atoms with Crippen LogP contribution in [0.15, 0.2) is 53.4 Å². The molecule has 8 heteroatoms. The molecular formula is C21H29N3O4S. The van der Waals surface area contributed by atoms with Crippen LogP contribution in [0.5, 0.6) is 5.75 Å². The average Bonchev–Trinajstić information content (AvgIpc) is 2.74. The van der Waals surface area contributed by atoms with Gasteiger partial charge in [-0.1, -0.05) is 17.7 Å². The summed E-state index contributed by atoms with van der Waals surface area (Å²) in [6.07, 6.45) is -0.597. The number of hydrogen-bond acceptors (Lipinski definition) is 7. The highest BCUT2D eigenvalue weighted by Gasteiger charge is 2.20. The first kappa shape index (κ1) is 21.6. The Morgan fingerprint density at radius 1 is 1.07 bits per heavy atom. The van der Waals surface area contributed by atoms with Crippen molar-refractivity contribution in [3.63, 3.8) is 0 Å². The molecule has 1 aliphatic rings. The summed E-state index contributed by atoms with van der Waals surface area (Å²) in [6, 6.07) is 14.9. The van der Waals surface area contributed by atoms with Crippen LogP contribution in [0.25, 0.3) is 0 Å². The van der Waals surface area contributed by atoms with E-state index in [0.29, 0.717) is 17.2 Å². The van der Waals surface area contributed by atoms with Crippen molar-refractivity contribution >= 4 is 15.7 Å². The molecule has 7 nitrogen and oxygen atoms in total. The second kappa shape index (κ2) is 9.58. The first-order valence-corrected chi connectivity index (χ1v) is 11.1. The third-order valence-electron chi connectivity index (χ3n) is 5.05. The molecule has 1 heterocycles.